The number of hydrogen-bond acceptors (Lipinski definition) is 2. The molecule has 0 aromatic heterocycles. The number of aliphatic hydroxyl groups is 1. The largest absolute Gasteiger partial charge is 0.391 e. The maximum absolute atomic E-state index is 13.9. The van der Waals surface area contributed by atoms with Crippen molar-refractivity contribution >= 4 is 23.2 Å². The lowest BCUT2D eigenvalue weighted by atomic mass is 9.81. The van der Waals surface area contributed by atoms with E-state index in [0.717, 1.165) is 25.7 Å². The Hall–Kier alpha value is -0.350. The number of halogens is 3. The molecule has 0 bridgehead atoms. The van der Waals surface area contributed by atoms with Crippen LogP contribution in [0.3, 0.4) is 0 Å². The second-order valence-electron chi connectivity index (χ2n) is 5.17. The Bertz CT molecular complexity index is 449. The van der Waals surface area contributed by atoms with E-state index in [1.54, 1.807) is 0 Å². The molecule has 2 nitrogen and oxygen atoms in total. The highest BCUT2D eigenvalue weighted by Gasteiger charge is 2.30. The van der Waals surface area contributed by atoms with Crippen molar-refractivity contribution in [2.24, 2.45) is 11.7 Å². The Balaban J connectivity index is 2.23. The zero-order valence-corrected chi connectivity index (χ0v) is 12.1. The summed E-state index contributed by atoms with van der Waals surface area (Å²) in [5.74, 6) is -0.407. The van der Waals surface area contributed by atoms with E-state index in [1.807, 2.05) is 0 Å². The van der Waals surface area contributed by atoms with Crippen LogP contribution in [-0.2, 0) is 0 Å². The second-order valence-corrected chi connectivity index (χ2v) is 5.96. The molecule has 0 heterocycles. The molecule has 1 aliphatic carbocycles. The van der Waals surface area contributed by atoms with Gasteiger partial charge in [-0.1, -0.05) is 42.5 Å². The van der Waals surface area contributed by atoms with E-state index >= 15 is 0 Å². The van der Waals surface area contributed by atoms with E-state index in [-0.39, 0.29) is 21.5 Å². The zero-order valence-electron chi connectivity index (χ0n) is 10.6. The summed E-state index contributed by atoms with van der Waals surface area (Å²) in [4.78, 5) is 0. The average molecular weight is 306 g/mol. The number of nitrogens with two attached hydrogens (primary N) is 1. The minimum atomic E-state index is -0.839. The molecule has 0 aliphatic heterocycles. The van der Waals surface area contributed by atoms with Crippen molar-refractivity contribution in [3.05, 3.63) is 33.6 Å². The van der Waals surface area contributed by atoms with Crippen LogP contribution in [0.4, 0.5) is 4.39 Å². The van der Waals surface area contributed by atoms with Crippen LogP contribution >= 0.6 is 23.2 Å². The number of hydrogen-bond donors (Lipinski definition) is 2. The molecule has 2 atom stereocenters. The standard InChI is InChI=1S/C14H18Cl2FNO/c15-9-6-7-10(17)11(12(9)16)13(18)14(19)8-4-2-1-3-5-8/h6-8,13-14,19H,1-5,18H2/t13-,14+/m0/s1. The van der Waals surface area contributed by atoms with E-state index in [4.69, 9.17) is 28.9 Å². The monoisotopic (exact) mass is 305 g/mol. The van der Waals surface area contributed by atoms with Crippen LogP contribution in [0.25, 0.3) is 0 Å². The third-order valence-electron chi connectivity index (χ3n) is 3.91. The molecule has 0 amide bonds. The van der Waals surface area contributed by atoms with Crippen LogP contribution in [-0.4, -0.2) is 11.2 Å². The Morgan fingerprint density at radius 1 is 1.21 bits per heavy atom. The predicted octanol–water partition coefficient (Wildman–Crippen LogP) is 4.07. The fourth-order valence-corrected chi connectivity index (χ4v) is 3.23. The van der Waals surface area contributed by atoms with Gasteiger partial charge in [-0.15, -0.1) is 0 Å². The van der Waals surface area contributed by atoms with Gasteiger partial charge in [-0.25, -0.2) is 4.39 Å². The van der Waals surface area contributed by atoms with Gasteiger partial charge in [0.1, 0.15) is 5.82 Å². The lowest BCUT2D eigenvalue weighted by Crippen LogP contribution is -2.35. The topological polar surface area (TPSA) is 46.2 Å². The van der Waals surface area contributed by atoms with E-state index in [1.165, 1.54) is 18.6 Å². The fourth-order valence-electron chi connectivity index (χ4n) is 2.79. The molecule has 19 heavy (non-hydrogen) atoms. The molecule has 106 valence electrons. The molecule has 0 spiro atoms. The molecular formula is C14H18Cl2FNO. The number of rotatable bonds is 3. The minimum absolute atomic E-state index is 0.101. The summed E-state index contributed by atoms with van der Waals surface area (Å²) in [7, 11) is 0. The van der Waals surface area contributed by atoms with Gasteiger partial charge in [0.2, 0.25) is 0 Å². The fraction of sp³-hybridized carbons (Fsp3) is 0.571. The maximum Gasteiger partial charge on any atom is 0.129 e. The molecule has 1 fully saturated rings. The van der Waals surface area contributed by atoms with E-state index in [9.17, 15) is 9.50 Å². The first-order chi connectivity index (χ1) is 9.02. The summed E-state index contributed by atoms with van der Waals surface area (Å²) in [5, 5.41) is 10.7. The summed E-state index contributed by atoms with van der Waals surface area (Å²) in [5.41, 5.74) is 6.12. The Morgan fingerprint density at radius 2 is 1.84 bits per heavy atom. The lowest BCUT2D eigenvalue weighted by molar-refractivity contribution is 0.0608. The van der Waals surface area contributed by atoms with Crippen molar-refractivity contribution in [2.75, 3.05) is 0 Å². The van der Waals surface area contributed by atoms with Gasteiger partial charge in [-0.3, -0.25) is 0 Å². The molecule has 1 aliphatic rings. The maximum atomic E-state index is 13.9. The Labute approximate surface area is 122 Å². The Kier molecular flexibility index (Phi) is 5.07. The van der Waals surface area contributed by atoms with E-state index in [2.05, 4.69) is 0 Å². The van der Waals surface area contributed by atoms with Gasteiger partial charge in [-0.2, -0.15) is 0 Å². The summed E-state index contributed by atoms with van der Waals surface area (Å²) >= 11 is 11.9. The first-order valence-corrected chi connectivity index (χ1v) is 7.35. The van der Waals surface area contributed by atoms with Gasteiger partial charge < -0.3 is 10.8 Å². The molecule has 1 aromatic carbocycles. The van der Waals surface area contributed by atoms with Gasteiger partial charge in [0.05, 0.1) is 22.2 Å². The summed E-state index contributed by atoms with van der Waals surface area (Å²) < 4.78 is 13.9. The third kappa shape index (κ3) is 3.22. The van der Waals surface area contributed by atoms with Gasteiger partial charge in [-0.05, 0) is 30.9 Å². The van der Waals surface area contributed by atoms with Crippen molar-refractivity contribution in [2.45, 2.75) is 44.2 Å². The van der Waals surface area contributed by atoms with Crippen molar-refractivity contribution < 1.29 is 9.50 Å². The SMILES string of the molecule is N[C@@H](c1c(F)ccc(Cl)c1Cl)[C@H](O)C1CCCCC1. The van der Waals surface area contributed by atoms with Crippen molar-refractivity contribution in [1.82, 2.24) is 0 Å². The van der Waals surface area contributed by atoms with Crippen LogP contribution < -0.4 is 5.73 Å². The summed E-state index contributed by atoms with van der Waals surface area (Å²) in [6.07, 6.45) is 4.42. The van der Waals surface area contributed by atoms with Crippen LogP contribution in [0.15, 0.2) is 12.1 Å². The molecule has 0 saturated heterocycles. The zero-order chi connectivity index (χ0) is 14.0. The van der Waals surface area contributed by atoms with Crippen LogP contribution in [0.2, 0.25) is 10.0 Å². The van der Waals surface area contributed by atoms with Crippen LogP contribution in [0.1, 0.15) is 43.7 Å². The molecule has 1 aromatic rings. The van der Waals surface area contributed by atoms with Crippen molar-refractivity contribution in [3.63, 3.8) is 0 Å². The normalized spacial score (nSPS) is 20.3. The highest BCUT2D eigenvalue weighted by molar-refractivity contribution is 6.42. The molecular weight excluding hydrogens is 288 g/mol. The summed E-state index contributed by atoms with van der Waals surface area (Å²) in [6, 6.07) is 1.79. The average Bonchev–Trinajstić information content (AvgIpc) is 2.43. The first kappa shape index (κ1) is 15.0. The van der Waals surface area contributed by atoms with Crippen molar-refractivity contribution in [3.8, 4) is 0 Å². The quantitative estimate of drug-likeness (QED) is 0.827. The van der Waals surface area contributed by atoms with Crippen molar-refractivity contribution in [1.29, 1.82) is 0 Å². The first-order valence-electron chi connectivity index (χ1n) is 6.59. The van der Waals surface area contributed by atoms with E-state index < -0.39 is 18.0 Å². The molecule has 0 unspecified atom stereocenters. The molecule has 5 heteroatoms. The number of aliphatic hydroxyl groups excluding tert-OH is 1. The van der Waals surface area contributed by atoms with E-state index in [0.29, 0.717) is 0 Å². The lowest BCUT2D eigenvalue weighted by Gasteiger charge is -2.31. The van der Waals surface area contributed by atoms with Crippen LogP contribution in [0, 0.1) is 11.7 Å². The smallest absolute Gasteiger partial charge is 0.129 e. The van der Waals surface area contributed by atoms with Gasteiger partial charge >= 0.3 is 0 Å². The highest BCUT2D eigenvalue weighted by Crippen LogP contribution is 2.37. The summed E-state index contributed by atoms with van der Waals surface area (Å²) in [6.45, 7) is 0. The second kappa shape index (κ2) is 6.40. The Morgan fingerprint density at radius 3 is 2.47 bits per heavy atom. The highest BCUT2D eigenvalue weighted by atomic mass is 35.5. The molecule has 1 saturated carbocycles. The molecule has 2 rings (SSSR count). The van der Waals surface area contributed by atoms with Crippen LogP contribution in [0.5, 0.6) is 0 Å². The minimum Gasteiger partial charge on any atom is -0.391 e. The third-order valence-corrected chi connectivity index (χ3v) is 4.73. The van der Waals surface area contributed by atoms with Gasteiger partial charge in [0, 0.05) is 5.56 Å². The van der Waals surface area contributed by atoms with Gasteiger partial charge in [0.25, 0.3) is 0 Å². The number of benzene rings is 1. The van der Waals surface area contributed by atoms with Gasteiger partial charge in [0.15, 0.2) is 0 Å². The molecule has 0 radical (unpaired) electrons. The molecule has 3 N–H and O–H groups in total. The predicted molar refractivity (Wildman–Crippen MR) is 75.9 cm³/mol.